The summed E-state index contributed by atoms with van der Waals surface area (Å²) in [6.45, 7) is 1.47. The molecule has 0 spiro atoms. The summed E-state index contributed by atoms with van der Waals surface area (Å²) in [6, 6.07) is 6.93. The Hall–Kier alpha value is -3.03. The van der Waals surface area contributed by atoms with Crippen molar-refractivity contribution in [2.45, 2.75) is 6.92 Å². The van der Waals surface area contributed by atoms with Gasteiger partial charge in [-0.15, -0.1) is 0 Å². The highest BCUT2D eigenvalue weighted by molar-refractivity contribution is 5.50. The Kier molecular flexibility index (Phi) is 3.79. The Morgan fingerprint density at radius 2 is 1.81 bits per heavy atom. The van der Waals surface area contributed by atoms with E-state index in [0.29, 0.717) is 0 Å². The number of nitro benzene ring substituents is 2. The van der Waals surface area contributed by atoms with E-state index in [2.05, 4.69) is 0 Å². The summed E-state index contributed by atoms with van der Waals surface area (Å²) in [6.07, 6.45) is 0. The van der Waals surface area contributed by atoms with Gasteiger partial charge in [-0.3, -0.25) is 20.2 Å². The summed E-state index contributed by atoms with van der Waals surface area (Å²) < 4.78 is 18.6. The first-order valence-corrected chi connectivity index (χ1v) is 5.75. The molecule has 0 bridgehead atoms. The Balaban J connectivity index is 2.41. The number of nitrogens with zero attached hydrogens (tertiary/aromatic N) is 2. The molecule has 0 saturated carbocycles. The van der Waals surface area contributed by atoms with E-state index in [1.807, 2.05) is 0 Å². The highest BCUT2D eigenvalue weighted by Crippen LogP contribution is 2.32. The van der Waals surface area contributed by atoms with Crippen LogP contribution >= 0.6 is 0 Å². The predicted octanol–water partition coefficient (Wildman–Crippen LogP) is 3.74. The van der Waals surface area contributed by atoms with Gasteiger partial charge in [0.25, 0.3) is 11.4 Å². The second-order valence-corrected chi connectivity index (χ2v) is 4.16. The monoisotopic (exact) mass is 292 g/mol. The zero-order chi connectivity index (χ0) is 15.6. The summed E-state index contributed by atoms with van der Waals surface area (Å²) in [7, 11) is 0. The molecule has 0 fully saturated rings. The van der Waals surface area contributed by atoms with Crippen molar-refractivity contribution >= 4 is 11.4 Å². The number of ether oxygens (including phenoxy) is 1. The number of non-ortho nitro benzene ring substituents is 1. The van der Waals surface area contributed by atoms with Crippen molar-refractivity contribution in [2.24, 2.45) is 0 Å². The molecule has 8 heteroatoms. The van der Waals surface area contributed by atoms with Crippen LogP contribution in [0.15, 0.2) is 36.4 Å². The van der Waals surface area contributed by atoms with Gasteiger partial charge in [-0.25, -0.2) is 4.39 Å². The summed E-state index contributed by atoms with van der Waals surface area (Å²) in [5, 5.41) is 21.5. The second-order valence-electron chi connectivity index (χ2n) is 4.16. The van der Waals surface area contributed by atoms with Crippen LogP contribution in [0.1, 0.15) is 5.56 Å². The van der Waals surface area contributed by atoms with Crippen molar-refractivity contribution in [3.63, 3.8) is 0 Å². The molecule has 0 heterocycles. The lowest BCUT2D eigenvalue weighted by Gasteiger charge is -2.08. The highest BCUT2D eigenvalue weighted by Gasteiger charge is 2.16. The molecule has 0 aliphatic rings. The van der Waals surface area contributed by atoms with E-state index in [9.17, 15) is 24.6 Å². The van der Waals surface area contributed by atoms with Crippen molar-refractivity contribution in [3.8, 4) is 11.5 Å². The zero-order valence-corrected chi connectivity index (χ0v) is 10.8. The van der Waals surface area contributed by atoms with E-state index in [1.165, 1.54) is 25.1 Å². The van der Waals surface area contributed by atoms with Gasteiger partial charge < -0.3 is 4.74 Å². The van der Waals surface area contributed by atoms with E-state index in [-0.39, 0.29) is 22.7 Å². The topological polar surface area (TPSA) is 95.5 Å². The number of benzene rings is 2. The standard InChI is InChI=1S/C13H9FN2O5/c1-8-12(16(19)20)3-2-4-13(8)21-11-6-9(14)5-10(7-11)15(17)18/h2-7H,1H3. The quantitative estimate of drug-likeness (QED) is 0.631. The van der Waals surface area contributed by atoms with Gasteiger partial charge in [0.2, 0.25) is 0 Å². The van der Waals surface area contributed by atoms with Gasteiger partial charge >= 0.3 is 0 Å². The van der Waals surface area contributed by atoms with Gasteiger partial charge in [-0.05, 0) is 13.0 Å². The molecule has 2 aromatic rings. The van der Waals surface area contributed by atoms with Crippen LogP contribution in [0.25, 0.3) is 0 Å². The first kappa shape index (κ1) is 14.4. The van der Waals surface area contributed by atoms with Gasteiger partial charge in [0.15, 0.2) is 0 Å². The lowest BCUT2D eigenvalue weighted by Crippen LogP contribution is -1.96. The van der Waals surface area contributed by atoms with Crippen LogP contribution in [-0.4, -0.2) is 9.85 Å². The third-order valence-corrected chi connectivity index (χ3v) is 2.75. The van der Waals surface area contributed by atoms with Crippen LogP contribution in [-0.2, 0) is 0 Å². The SMILES string of the molecule is Cc1c(Oc2cc(F)cc([N+](=O)[O-])c2)cccc1[N+](=O)[O-]. The van der Waals surface area contributed by atoms with E-state index in [1.54, 1.807) is 0 Å². The molecule has 0 N–H and O–H groups in total. The summed E-state index contributed by atoms with van der Waals surface area (Å²) >= 11 is 0. The molecule has 0 saturated heterocycles. The lowest BCUT2D eigenvalue weighted by atomic mass is 10.2. The maximum Gasteiger partial charge on any atom is 0.276 e. The Labute approximate surface area is 117 Å². The average Bonchev–Trinajstić information content (AvgIpc) is 2.40. The first-order chi connectivity index (χ1) is 9.88. The van der Waals surface area contributed by atoms with Gasteiger partial charge in [0, 0.05) is 12.1 Å². The predicted molar refractivity (Wildman–Crippen MR) is 71.0 cm³/mol. The normalized spacial score (nSPS) is 10.2. The van der Waals surface area contributed by atoms with Crippen LogP contribution in [0.5, 0.6) is 11.5 Å². The average molecular weight is 292 g/mol. The molecular formula is C13H9FN2O5. The van der Waals surface area contributed by atoms with Gasteiger partial charge in [-0.2, -0.15) is 0 Å². The molecule has 0 aromatic heterocycles. The van der Waals surface area contributed by atoms with Crippen LogP contribution in [0.3, 0.4) is 0 Å². The largest absolute Gasteiger partial charge is 0.456 e. The van der Waals surface area contributed by atoms with E-state index in [0.717, 1.165) is 18.2 Å². The van der Waals surface area contributed by atoms with Crippen molar-refractivity contribution in [2.75, 3.05) is 0 Å². The minimum atomic E-state index is -0.831. The number of hydrogen-bond donors (Lipinski definition) is 0. The zero-order valence-electron chi connectivity index (χ0n) is 10.8. The number of rotatable bonds is 4. The number of nitro groups is 2. The minimum Gasteiger partial charge on any atom is -0.456 e. The Bertz CT molecular complexity index is 732. The fourth-order valence-electron chi connectivity index (χ4n) is 1.75. The van der Waals surface area contributed by atoms with E-state index in [4.69, 9.17) is 4.74 Å². The Morgan fingerprint density at radius 3 is 2.43 bits per heavy atom. The molecule has 7 nitrogen and oxygen atoms in total. The first-order valence-electron chi connectivity index (χ1n) is 5.75. The number of hydrogen-bond acceptors (Lipinski definition) is 5. The molecule has 0 radical (unpaired) electrons. The van der Waals surface area contributed by atoms with Gasteiger partial charge in [-0.1, -0.05) is 6.07 Å². The summed E-state index contributed by atoms with van der Waals surface area (Å²) in [4.78, 5) is 20.2. The minimum absolute atomic E-state index is 0.106. The molecule has 0 atom stereocenters. The van der Waals surface area contributed by atoms with Gasteiger partial charge in [0.05, 0.1) is 27.5 Å². The van der Waals surface area contributed by atoms with Gasteiger partial charge in [0.1, 0.15) is 17.3 Å². The molecule has 108 valence electrons. The second kappa shape index (κ2) is 5.53. The molecule has 21 heavy (non-hydrogen) atoms. The Morgan fingerprint density at radius 1 is 1.10 bits per heavy atom. The van der Waals surface area contributed by atoms with Crippen molar-refractivity contribution < 1.29 is 19.0 Å². The molecule has 0 aliphatic heterocycles. The molecule has 0 amide bonds. The molecule has 2 rings (SSSR count). The van der Waals surface area contributed by atoms with Crippen LogP contribution in [0, 0.1) is 33.0 Å². The fourth-order valence-corrected chi connectivity index (χ4v) is 1.75. The molecule has 0 unspecified atom stereocenters. The van der Waals surface area contributed by atoms with Crippen LogP contribution < -0.4 is 4.74 Å². The van der Waals surface area contributed by atoms with Crippen LogP contribution in [0.4, 0.5) is 15.8 Å². The third-order valence-electron chi connectivity index (χ3n) is 2.75. The van der Waals surface area contributed by atoms with E-state index >= 15 is 0 Å². The van der Waals surface area contributed by atoms with Crippen molar-refractivity contribution in [1.82, 2.24) is 0 Å². The van der Waals surface area contributed by atoms with Crippen LogP contribution in [0.2, 0.25) is 0 Å². The molecule has 2 aromatic carbocycles. The maximum absolute atomic E-state index is 13.3. The fraction of sp³-hybridized carbons (Fsp3) is 0.0769. The summed E-state index contributed by atoms with van der Waals surface area (Å²) in [5.41, 5.74) is -0.374. The third kappa shape index (κ3) is 3.11. The molecule has 0 aliphatic carbocycles. The van der Waals surface area contributed by atoms with E-state index < -0.39 is 21.4 Å². The molecular weight excluding hydrogens is 283 g/mol. The summed E-state index contributed by atoms with van der Waals surface area (Å²) in [5.74, 6) is -0.809. The highest BCUT2D eigenvalue weighted by atomic mass is 19.1. The van der Waals surface area contributed by atoms with Crippen molar-refractivity contribution in [3.05, 3.63) is 68.0 Å². The maximum atomic E-state index is 13.3. The number of halogens is 1. The lowest BCUT2D eigenvalue weighted by molar-refractivity contribution is -0.385. The van der Waals surface area contributed by atoms with Crippen molar-refractivity contribution in [1.29, 1.82) is 0 Å². The smallest absolute Gasteiger partial charge is 0.276 e.